The van der Waals surface area contributed by atoms with Gasteiger partial charge in [-0.25, -0.2) is 4.39 Å². The van der Waals surface area contributed by atoms with E-state index in [9.17, 15) is 9.50 Å². The van der Waals surface area contributed by atoms with Crippen molar-refractivity contribution >= 4 is 0 Å². The number of hydrogen-bond acceptors (Lipinski definition) is 1. The third-order valence-electron chi connectivity index (χ3n) is 2.86. The Morgan fingerprint density at radius 1 is 1.29 bits per heavy atom. The van der Waals surface area contributed by atoms with Crippen molar-refractivity contribution in [2.24, 2.45) is 0 Å². The van der Waals surface area contributed by atoms with Gasteiger partial charge in [0.2, 0.25) is 0 Å². The minimum absolute atomic E-state index is 0.249. The van der Waals surface area contributed by atoms with Crippen molar-refractivity contribution in [1.82, 2.24) is 0 Å². The van der Waals surface area contributed by atoms with Crippen LogP contribution in [0.2, 0.25) is 0 Å². The van der Waals surface area contributed by atoms with E-state index in [-0.39, 0.29) is 5.82 Å². The lowest BCUT2D eigenvalue weighted by Crippen LogP contribution is -2.24. The van der Waals surface area contributed by atoms with Gasteiger partial charge >= 0.3 is 0 Å². The molecule has 0 atom stereocenters. The maximum Gasteiger partial charge on any atom is 0.123 e. The van der Waals surface area contributed by atoms with Crippen molar-refractivity contribution in [3.63, 3.8) is 0 Å². The fourth-order valence-electron chi connectivity index (χ4n) is 1.78. The molecule has 0 unspecified atom stereocenters. The lowest BCUT2D eigenvalue weighted by Gasteiger charge is -2.27. The third kappa shape index (κ3) is 1.95. The number of benzene rings is 1. The van der Waals surface area contributed by atoms with Crippen LogP contribution in [0.5, 0.6) is 0 Å². The van der Waals surface area contributed by atoms with Gasteiger partial charge in [0.15, 0.2) is 0 Å². The highest BCUT2D eigenvalue weighted by molar-refractivity contribution is 5.31. The van der Waals surface area contributed by atoms with E-state index in [1.54, 1.807) is 6.07 Å². The van der Waals surface area contributed by atoms with Crippen molar-refractivity contribution < 1.29 is 9.50 Å². The van der Waals surface area contributed by atoms with Crippen molar-refractivity contribution in [3.8, 4) is 0 Å². The van der Waals surface area contributed by atoms with Gasteiger partial charge in [0.1, 0.15) is 5.82 Å². The summed E-state index contributed by atoms with van der Waals surface area (Å²) in [5, 5.41) is 10.2. The molecule has 1 N–H and O–H groups in total. The monoisotopic (exact) mass is 196 g/mol. The maximum atomic E-state index is 12.9. The van der Waals surface area contributed by atoms with E-state index in [1.807, 2.05) is 20.8 Å². The normalized spacial score (nSPS) is 11.8. The van der Waals surface area contributed by atoms with Crippen LogP contribution in [-0.4, -0.2) is 5.11 Å². The molecule has 0 saturated heterocycles. The van der Waals surface area contributed by atoms with E-state index in [0.29, 0.717) is 12.8 Å². The topological polar surface area (TPSA) is 20.2 Å². The fraction of sp³-hybridized carbons (Fsp3) is 0.500. The Hall–Kier alpha value is -0.890. The molecule has 0 fully saturated rings. The van der Waals surface area contributed by atoms with Crippen LogP contribution >= 0.6 is 0 Å². The quantitative estimate of drug-likeness (QED) is 0.787. The highest BCUT2D eigenvalue weighted by atomic mass is 19.1. The number of halogens is 1. The molecule has 1 aromatic carbocycles. The van der Waals surface area contributed by atoms with Crippen LogP contribution in [0.15, 0.2) is 18.2 Å². The summed E-state index contributed by atoms with van der Waals surface area (Å²) >= 11 is 0. The number of aliphatic hydroxyl groups is 1. The van der Waals surface area contributed by atoms with Crippen molar-refractivity contribution in [2.45, 2.75) is 39.2 Å². The summed E-state index contributed by atoms with van der Waals surface area (Å²) < 4.78 is 12.9. The first-order valence-corrected chi connectivity index (χ1v) is 5.02. The van der Waals surface area contributed by atoms with Crippen LogP contribution in [0.4, 0.5) is 4.39 Å². The van der Waals surface area contributed by atoms with Crippen LogP contribution in [0, 0.1) is 12.7 Å². The predicted octanol–water partition coefficient (Wildman–Crippen LogP) is 3.14. The van der Waals surface area contributed by atoms with Gasteiger partial charge < -0.3 is 5.11 Å². The molecular formula is C12H17FO. The molecule has 0 aliphatic heterocycles. The Kier molecular flexibility index (Phi) is 3.27. The molecule has 1 aromatic rings. The van der Waals surface area contributed by atoms with Crippen LogP contribution in [-0.2, 0) is 5.60 Å². The van der Waals surface area contributed by atoms with Gasteiger partial charge in [-0.2, -0.15) is 0 Å². The minimum atomic E-state index is -0.808. The number of aryl methyl sites for hydroxylation is 1. The molecular weight excluding hydrogens is 179 g/mol. The first-order chi connectivity index (χ1) is 6.53. The molecule has 0 saturated carbocycles. The van der Waals surface area contributed by atoms with Gasteiger partial charge in [0, 0.05) is 0 Å². The van der Waals surface area contributed by atoms with Gasteiger partial charge in [-0.1, -0.05) is 19.9 Å². The zero-order chi connectivity index (χ0) is 10.8. The van der Waals surface area contributed by atoms with E-state index in [0.717, 1.165) is 11.1 Å². The van der Waals surface area contributed by atoms with Gasteiger partial charge in [-0.15, -0.1) is 0 Å². The molecule has 0 aliphatic rings. The van der Waals surface area contributed by atoms with E-state index in [2.05, 4.69) is 0 Å². The lowest BCUT2D eigenvalue weighted by atomic mass is 9.86. The second-order valence-electron chi connectivity index (χ2n) is 3.70. The summed E-state index contributed by atoms with van der Waals surface area (Å²) in [6.07, 6.45) is 1.30. The highest BCUT2D eigenvalue weighted by Crippen LogP contribution is 2.30. The summed E-state index contributed by atoms with van der Waals surface area (Å²) in [4.78, 5) is 0. The number of rotatable bonds is 3. The summed E-state index contributed by atoms with van der Waals surface area (Å²) in [6, 6.07) is 4.54. The van der Waals surface area contributed by atoms with E-state index in [1.165, 1.54) is 12.1 Å². The fourth-order valence-corrected chi connectivity index (χ4v) is 1.78. The van der Waals surface area contributed by atoms with Gasteiger partial charge in [-0.3, -0.25) is 0 Å². The summed E-state index contributed by atoms with van der Waals surface area (Å²) in [5.41, 5.74) is 0.845. The minimum Gasteiger partial charge on any atom is -0.385 e. The SMILES string of the molecule is CCC(O)(CC)c1ccc(F)cc1C. The first-order valence-electron chi connectivity index (χ1n) is 5.02. The van der Waals surface area contributed by atoms with Crippen molar-refractivity contribution in [1.29, 1.82) is 0 Å². The third-order valence-corrected chi connectivity index (χ3v) is 2.86. The first kappa shape index (κ1) is 11.2. The molecule has 0 radical (unpaired) electrons. The van der Waals surface area contributed by atoms with E-state index >= 15 is 0 Å². The average molecular weight is 196 g/mol. The standard InChI is InChI=1S/C12H17FO/c1-4-12(14,5-2)11-7-6-10(13)8-9(11)3/h6-8,14H,4-5H2,1-3H3. The Labute approximate surface area is 84.6 Å². The van der Waals surface area contributed by atoms with Crippen LogP contribution < -0.4 is 0 Å². The number of hydrogen-bond donors (Lipinski definition) is 1. The summed E-state index contributed by atoms with van der Waals surface area (Å²) in [7, 11) is 0. The second-order valence-corrected chi connectivity index (χ2v) is 3.70. The largest absolute Gasteiger partial charge is 0.385 e. The molecule has 1 nitrogen and oxygen atoms in total. The smallest absolute Gasteiger partial charge is 0.123 e. The molecule has 0 spiro atoms. The molecule has 0 heterocycles. The molecule has 0 amide bonds. The molecule has 14 heavy (non-hydrogen) atoms. The molecule has 0 aromatic heterocycles. The Morgan fingerprint density at radius 2 is 1.86 bits per heavy atom. The molecule has 0 bridgehead atoms. The van der Waals surface area contributed by atoms with E-state index < -0.39 is 5.60 Å². The van der Waals surface area contributed by atoms with Gasteiger partial charge in [0.25, 0.3) is 0 Å². The predicted molar refractivity (Wildman–Crippen MR) is 55.6 cm³/mol. The Balaban J connectivity index is 3.17. The summed E-state index contributed by atoms with van der Waals surface area (Å²) in [5.74, 6) is -0.249. The van der Waals surface area contributed by atoms with Crippen LogP contribution in [0.1, 0.15) is 37.8 Å². The highest BCUT2D eigenvalue weighted by Gasteiger charge is 2.26. The molecule has 78 valence electrons. The zero-order valence-corrected chi connectivity index (χ0v) is 8.97. The Bertz CT molecular complexity index is 316. The molecule has 0 aliphatic carbocycles. The Morgan fingerprint density at radius 3 is 2.29 bits per heavy atom. The second kappa shape index (κ2) is 4.09. The zero-order valence-electron chi connectivity index (χ0n) is 8.97. The van der Waals surface area contributed by atoms with E-state index in [4.69, 9.17) is 0 Å². The van der Waals surface area contributed by atoms with Crippen LogP contribution in [0.25, 0.3) is 0 Å². The van der Waals surface area contributed by atoms with Gasteiger partial charge in [0.05, 0.1) is 5.60 Å². The van der Waals surface area contributed by atoms with Gasteiger partial charge in [-0.05, 0) is 43.0 Å². The average Bonchev–Trinajstić information content (AvgIpc) is 2.17. The maximum absolute atomic E-state index is 12.9. The van der Waals surface area contributed by atoms with Crippen molar-refractivity contribution in [3.05, 3.63) is 35.1 Å². The molecule has 2 heteroatoms. The van der Waals surface area contributed by atoms with Crippen LogP contribution in [0.3, 0.4) is 0 Å². The molecule has 1 rings (SSSR count). The lowest BCUT2D eigenvalue weighted by molar-refractivity contribution is 0.0277. The summed E-state index contributed by atoms with van der Waals surface area (Å²) in [6.45, 7) is 5.70. The van der Waals surface area contributed by atoms with Crippen molar-refractivity contribution in [2.75, 3.05) is 0 Å².